The summed E-state index contributed by atoms with van der Waals surface area (Å²) in [5.74, 6) is -6.07. The fraction of sp³-hybridized carbons (Fsp3) is 0.571. The normalized spacial score (nSPS) is 32.6. The van der Waals surface area contributed by atoms with Crippen LogP contribution in [0, 0.1) is 23.7 Å². The SMILES string of the molecule is COC(=O)[C@@H]1C(=O)NC[C@H]1C1C=C(F)C(OC)=C(F)C1C. The Balaban J connectivity index is 2.32. The number of carbonyl (C=O) groups excluding carboxylic acids is 2. The number of amides is 1. The number of esters is 1. The third-order valence-corrected chi connectivity index (χ3v) is 4.13. The molecule has 0 saturated carbocycles. The van der Waals surface area contributed by atoms with Crippen LogP contribution in [-0.2, 0) is 19.1 Å². The van der Waals surface area contributed by atoms with E-state index < -0.39 is 53.0 Å². The van der Waals surface area contributed by atoms with Crippen molar-refractivity contribution in [2.75, 3.05) is 20.8 Å². The van der Waals surface area contributed by atoms with Gasteiger partial charge < -0.3 is 14.8 Å². The second-order valence-electron chi connectivity index (χ2n) is 5.17. The Morgan fingerprint density at radius 1 is 1.38 bits per heavy atom. The minimum atomic E-state index is -1.05. The van der Waals surface area contributed by atoms with Gasteiger partial charge in [-0.1, -0.05) is 6.92 Å². The number of allylic oxidation sites excluding steroid dienone is 3. The summed E-state index contributed by atoms with van der Waals surface area (Å²) in [6.45, 7) is 1.74. The van der Waals surface area contributed by atoms with E-state index in [1.54, 1.807) is 6.92 Å². The van der Waals surface area contributed by atoms with Gasteiger partial charge in [-0.2, -0.15) is 0 Å². The number of nitrogens with one attached hydrogen (secondary N) is 1. The molecule has 0 aromatic rings. The van der Waals surface area contributed by atoms with Crippen LogP contribution in [0.15, 0.2) is 23.5 Å². The van der Waals surface area contributed by atoms with Gasteiger partial charge in [0, 0.05) is 18.4 Å². The van der Waals surface area contributed by atoms with E-state index >= 15 is 0 Å². The summed E-state index contributed by atoms with van der Waals surface area (Å²) in [6, 6.07) is 0. The molecule has 21 heavy (non-hydrogen) atoms. The van der Waals surface area contributed by atoms with Crippen molar-refractivity contribution < 1.29 is 27.8 Å². The zero-order valence-corrected chi connectivity index (χ0v) is 12.0. The minimum Gasteiger partial charge on any atom is -0.491 e. The van der Waals surface area contributed by atoms with Crippen molar-refractivity contribution in [3.05, 3.63) is 23.5 Å². The standard InChI is InChI=1S/C14H17F2NO4/c1-6-7(4-9(15)12(20-2)11(6)16)8-5-17-13(18)10(8)14(19)21-3/h4,6-8,10H,5H2,1-3H3,(H,17,18)/t6?,7?,8-,10-/m0/s1. The monoisotopic (exact) mass is 301 g/mol. The summed E-state index contributed by atoms with van der Waals surface area (Å²) in [5, 5.41) is 2.55. The lowest BCUT2D eigenvalue weighted by Crippen LogP contribution is -2.35. The van der Waals surface area contributed by atoms with Crippen molar-refractivity contribution in [1.82, 2.24) is 5.32 Å². The first-order valence-corrected chi connectivity index (χ1v) is 6.59. The van der Waals surface area contributed by atoms with E-state index in [2.05, 4.69) is 10.1 Å². The van der Waals surface area contributed by atoms with Gasteiger partial charge in [0.15, 0.2) is 11.6 Å². The van der Waals surface area contributed by atoms with Gasteiger partial charge in [-0.25, -0.2) is 8.78 Å². The number of hydrogen-bond donors (Lipinski definition) is 1. The molecule has 1 aliphatic carbocycles. The van der Waals surface area contributed by atoms with Crippen molar-refractivity contribution in [2.24, 2.45) is 23.7 Å². The van der Waals surface area contributed by atoms with Crippen LogP contribution in [-0.4, -0.2) is 32.6 Å². The minimum absolute atomic E-state index is 0.174. The quantitative estimate of drug-likeness (QED) is 0.633. The Morgan fingerprint density at radius 2 is 2.05 bits per heavy atom. The van der Waals surface area contributed by atoms with Gasteiger partial charge in [-0.3, -0.25) is 9.59 Å². The van der Waals surface area contributed by atoms with Gasteiger partial charge in [0.1, 0.15) is 11.7 Å². The van der Waals surface area contributed by atoms with E-state index in [1.807, 2.05) is 0 Å². The van der Waals surface area contributed by atoms with Crippen LogP contribution in [0.3, 0.4) is 0 Å². The molecule has 2 unspecified atom stereocenters. The van der Waals surface area contributed by atoms with E-state index in [9.17, 15) is 18.4 Å². The van der Waals surface area contributed by atoms with Crippen LogP contribution < -0.4 is 5.32 Å². The number of ether oxygens (including phenoxy) is 2. The van der Waals surface area contributed by atoms with Crippen LogP contribution in [0.2, 0.25) is 0 Å². The number of methoxy groups -OCH3 is 2. The summed E-state index contributed by atoms with van der Waals surface area (Å²) in [4.78, 5) is 23.5. The smallest absolute Gasteiger partial charge is 0.318 e. The molecular formula is C14H17F2NO4. The molecule has 1 N–H and O–H groups in total. The molecule has 2 rings (SSSR count). The van der Waals surface area contributed by atoms with Gasteiger partial charge in [-0.15, -0.1) is 0 Å². The molecule has 0 aromatic heterocycles. The zero-order valence-electron chi connectivity index (χ0n) is 12.0. The van der Waals surface area contributed by atoms with Gasteiger partial charge in [-0.05, 0) is 12.0 Å². The van der Waals surface area contributed by atoms with Gasteiger partial charge in [0.2, 0.25) is 5.91 Å². The van der Waals surface area contributed by atoms with E-state index in [1.165, 1.54) is 20.3 Å². The molecule has 1 fully saturated rings. The van der Waals surface area contributed by atoms with Crippen molar-refractivity contribution in [2.45, 2.75) is 6.92 Å². The molecule has 7 heteroatoms. The fourth-order valence-corrected chi connectivity index (χ4v) is 2.98. The summed E-state index contributed by atoms with van der Waals surface area (Å²) in [7, 11) is 2.36. The average Bonchev–Trinajstić information content (AvgIpc) is 2.84. The fourth-order valence-electron chi connectivity index (χ4n) is 2.98. The molecule has 0 radical (unpaired) electrons. The number of carbonyl (C=O) groups is 2. The summed E-state index contributed by atoms with van der Waals surface area (Å²) < 4.78 is 37.4. The number of halogens is 2. The Bertz CT molecular complexity index is 529. The first kappa shape index (κ1) is 15.5. The lowest BCUT2D eigenvalue weighted by atomic mass is 9.74. The lowest BCUT2D eigenvalue weighted by Gasteiger charge is -2.31. The van der Waals surface area contributed by atoms with Crippen LogP contribution in [0.1, 0.15) is 6.92 Å². The second-order valence-corrected chi connectivity index (χ2v) is 5.17. The van der Waals surface area contributed by atoms with E-state index in [0.717, 1.165) is 0 Å². The highest BCUT2D eigenvalue weighted by molar-refractivity contribution is 5.99. The molecule has 0 spiro atoms. The summed E-state index contributed by atoms with van der Waals surface area (Å²) in [5.41, 5.74) is 0. The topological polar surface area (TPSA) is 64.6 Å². The predicted molar refractivity (Wildman–Crippen MR) is 69.0 cm³/mol. The molecule has 1 saturated heterocycles. The second kappa shape index (κ2) is 5.83. The number of rotatable bonds is 3. The van der Waals surface area contributed by atoms with E-state index in [-0.39, 0.29) is 6.54 Å². The molecule has 0 aromatic carbocycles. The maximum atomic E-state index is 14.2. The molecule has 0 bridgehead atoms. The van der Waals surface area contributed by atoms with Crippen LogP contribution in [0.4, 0.5) is 8.78 Å². The molecule has 1 aliphatic heterocycles. The first-order valence-electron chi connectivity index (χ1n) is 6.59. The highest BCUT2D eigenvalue weighted by Crippen LogP contribution is 2.42. The van der Waals surface area contributed by atoms with Crippen molar-refractivity contribution in [3.8, 4) is 0 Å². The first-order chi connectivity index (χ1) is 9.92. The largest absolute Gasteiger partial charge is 0.491 e. The molecule has 2 aliphatic rings. The number of hydrogen-bond acceptors (Lipinski definition) is 4. The van der Waals surface area contributed by atoms with Crippen molar-refractivity contribution in [1.29, 1.82) is 0 Å². The molecule has 4 atom stereocenters. The third kappa shape index (κ3) is 2.52. The van der Waals surface area contributed by atoms with Crippen molar-refractivity contribution >= 4 is 11.9 Å². The van der Waals surface area contributed by atoms with Gasteiger partial charge >= 0.3 is 5.97 Å². The maximum Gasteiger partial charge on any atom is 0.318 e. The van der Waals surface area contributed by atoms with Crippen LogP contribution >= 0.6 is 0 Å². The predicted octanol–water partition coefficient (Wildman–Crippen LogP) is 1.47. The highest BCUT2D eigenvalue weighted by Gasteiger charge is 2.48. The summed E-state index contributed by atoms with van der Waals surface area (Å²) >= 11 is 0. The lowest BCUT2D eigenvalue weighted by molar-refractivity contribution is -0.150. The molecule has 1 heterocycles. The Kier molecular flexibility index (Phi) is 4.29. The molecule has 1 amide bonds. The summed E-state index contributed by atoms with van der Waals surface area (Å²) in [6.07, 6.45) is 1.22. The molecule has 116 valence electrons. The molecule has 5 nitrogen and oxygen atoms in total. The van der Waals surface area contributed by atoms with E-state index in [0.29, 0.717) is 0 Å². The van der Waals surface area contributed by atoms with Crippen LogP contribution in [0.5, 0.6) is 0 Å². The van der Waals surface area contributed by atoms with Gasteiger partial charge in [0.25, 0.3) is 0 Å². The highest BCUT2D eigenvalue weighted by atomic mass is 19.1. The van der Waals surface area contributed by atoms with Crippen LogP contribution in [0.25, 0.3) is 0 Å². The Morgan fingerprint density at radius 3 is 2.62 bits per heavy atom. The van der Waals surface area contributed by atoms with Crippen molar-refractivity contribution in [3.63, 3.8) is 0 Å². The third-order valence-electron chi connectivity index (χ3n) is 4.13. The molecular weight excluding hydrogens is 284 g/mol. The maximum absolute atomic E-state index is 14.2. The Hall–Kier alpha value is -1.92. The Labute approximate surface area is 121 Å². The van der Waals surface area contributed by atoms with Gasteiger partial charge in [0.05, 0.1) is 14.2 Å². The zero-order chi connectivity index (χ0) is 15.7. The van der Waals surface area contributed by atoms with E-state index in [4.69, 9.17) is 4.74 Å². The average molecular weight is 301 g/mol.